The molecule has 130 valence electrons. The summed E-state index contributed by atoms with van der Waals surface area (Å²) in [4.78, 5) is 0. The fourth-order valence-electron chi connectivity index (χ4n) is 5.17. The van der Waals surface area contributed by atoms with E-state index in [-0.39, 0.29) is 0 Å². The summed E-state index contributed by atoms with van der Waals surface area (Å²) in [5, 5.41) is 0. The zero-order chi connectivity index (χ0) is 15.8. The van der Waals surface area contributed by atoms with E-state index in [1.54, 1.807) is 31.4 Å². The summed E-state index contributed by atoms with van der Waals surface area (Å²) in [7, 11) is 0.406. The smallest absolute Gasteiger partial charge is 0.0198 e. The SMILES string of the molecule is CC[C@H](C)C[C@H]1CC[C@H](C(C)CCCC2CC[SiH2]CC2)CC1. The van der Waals surface area contributed by atoms with Gasteiger partial charge in [0.25, 0.3) is 0 Å². The van der Waals surface area contributed by atoms with Gasteiger partial charge in [0.2, 0.25) is 0 Å². The normalized spacial score (nSPS) is 33.7. The van der Waals surface area contributed by atoms with Crippen LogP contribution in [0.2, 0.25) is 12.1 Å². The minimum Gasteiger partial charge on any atom is -0.0651 e. The van der Waals surface area contributed by atoms with Crippen LogP contribution >= 0.6 is 0 Å². The van der Waals surface area contributed by atoms with Crippen molar-refractivity contribution >= 4 is 9.52 Å². The van der Waals surface area contributed by atoms with Gasteiger partial charge in [-0.05, 0) is 48.9 Å². The van der Waals surface area contributed by atoms with E-state index in [9.17, 15) is 0 Å². The molecule has 1 unspecified atom stereocenters. The second-order valence-corrected chi connectivity index (χ2v) is 11.1. The van der Waals surface area contributed by atoms with Crippen LogP contribution in [0.1, 0.15) is 91.4 Å². The second-order valence-electron chi connectivity index (χ2n) is 8.94. The Morgan fingerprint density at radius 3 is 2.23 bits per heavy atom. The molecule has 1 aliphatic heterocycles. The third kappa shape index (κ3) is 6.38. The predicted octanol–water partition coefficient (Wildman–Crippen LogP) is 6.45. The highest BCUT2D eigenvalue weighted by Gasteiger charge is 2.26. The van der Waals surface area contributed by atoms with E-state index in [0.717, 1.165) is 29.6 Å². The van der Waals surface area contributed by atoms with E-state index in [1.807, 2.05) is 0 Å². The minimum atomic E-state index is 0.406. The Kier molecular flexibility index (Phi) is 8.57. The van der Waals surface area contributed by atoms with Gasteiger partial charge in [0.05, 0.1) is 0 Å². The molecule has 2 aliphatic rings. The minimum absolute atomic E-state index is 0.406. The molecule has 0 radical (unpaired) electrons. The van der Waals surface area contributed by atoms with Crippen LogP contribution in [-0.4, -0.2) is 9.52 Å². The van der Waals surface area contributed by atoms with Crippen molar-refractivity contribution in [3.63, 3.8) is 0 Å². The van der Waals surface area contributed by atoms with Crippen LogP contribution in [0.25, 0.3) is 0 Å². The van der Waals surface area contributed by atoms with Crippen molar-refractivity contribution in [2.45, 2.75) is 103 Å². The molecule has 1 saturated heterocycles. The molecule has 0 spiro atoms. The van der Waals surface area contributed by atoms with Crippen molar-refractivity contribution in [3.05, 3.63) is 0 Å². The average Bonchev–Trinajstić information content (AvgIpc) is 2.56. The Balaban J connectivity index is 1.57. The van der Waals surface area contributed by atoms with Gasteiger partial charge in [-0.1, -0.05) is 84.2 Å². The molecule has 1 saturated carbocycles. The van der Waals surface area contributed by atoms with Gasteiger partial charge in [0.15, 0.2) is 0 Å². The summed E-state index contributed by atoms with van der Waals surface area (Å²) in [5.41, 5.74) is 0. The fourth-order valence-corrected chi connectivity index (χ4v) is 7.25. The zero-order valence-electron chi connectivity index (χ0n) is 15.8. The Morgan fingerprint density at radius 1 is 0.909 bits per heavy atom. The van der Waals surface area contributed by atoms with E-state index in [4.69, 9.17) is 0 Å². The molecular formula is C21H42Si. The highest BCUT2D eigenvalue weighted by Crippen LogP contribution is 2.38. The van der Waals surface area contributed by atoms with E-state index < -0.39 is 0 Å². The van der Waals surface area contributed by atoms with Crippen LogP contribution < -0.4 is 0 Å². The molecule has 0 N–H and O–H groups in total. The van der Waals surface area contributed by atoms with E-state index in [1.165, 1.54) is 51.4 Å². The maximum atomic E-state index is 2.56. The van der Waals surface area contributed by atoms with Crippen molar-refractivity contribution in [1.82, 2.24) is 0 Å². The molecule has 22 heavy (non-hydrogen) atoms. The van der Waals surface area contributed by atoms with Crippen LogP contribution in [-0.2, 0) is 0 Å². The largest absolute Gasteiger partial charge is 0.0651 e. The molecule has 0 aromatic carbocycles. The van der Waals surface area contributed by atoms with Crippen molar-refractivity contribution in [2.24, 2.45) is 29.6 Å². The Hall–Kier alpha value is 0.217. The van der Waals surface area contributed by atoms with Crippen LogP contribution in [0.15, 0.2) is 0 Å². The molecule has 1 heterocycles. The van der Waals surface area contributed by atoms with Gasteiger partial charge >= 0.3 is 0 Å². The van der Waals surface area contributed by atoms with Gasteiger partial charge in [-0.15, -0.1) is 0 Å². The number of hydrogen-bond donors (Lipinski definition) is 0. The van der Waals surface area contributed by atoms with Crippen LogP contribution in [0.4, 0.5) is 0 Å². The molecule has 0 amide bonds. The maximum Gasteiger partial charge on any atom is 0.0198 e. The molecule has 1 aliphatic carbocycles. The lowest BCUT2D eigenvalue weighted by atomic mass is 9.72. The molecule has 0 aromatic rings. The summed E-state index contributed by atoms with van der Waals surface area (Å²) >= 11 is 0. The highest BCUT2D eigenvalue weighted by atomic mass is 28.2. The van der Waals surface area contributed by atoms with Gasteiger partial charge in [0, 0.05) is 9.52 Å². The first-order chi connectivity index (χ1) is 10.7. The molecule has 0 aromatic heterocycles. The molecule has 2 rings (SSSR count). The summed E-state index contributed by atoms with van der Waals surface area (Å²) in [6.45, 7) is 7.36. The molecular weight excluding hydrogens is 280 g/mol. The molecule has 0 nitrogen and oxygen atoms in total. The van der Waals surface area contributed by atoms with Crippen molar-refractivity contribution in [3.8, 4) is 0 Å². The highest BCUT2D eigenvalue weighted by molar-refractivity contribution is 6.35. The molecule has 1 heteroatoms. The van der Waals surface area contributed by atoms with Crippen LogP contribution in [0, 0.1) is 29.6 Å². The first-order valence-electron chi connectivity index (χ1n) is 10.7. The van der Waals surface area contributed by atoms with Gasteiger partial charge < -0.3 is 0 Å². The second kappa shape index (κ2) is 10.2. The summed E-state index contributed by atoms with van der Waals surface area (Å²) < 4.78 is 0. The summed E-state index contributed by atoms with van der Waals surface area (Å²) in [6.07, 6.45) is 16.8. The van der Waals surface area contributed by atoms with Crippen molar-refractivity contribution in [1.29, 1.82) is 0 Å². The van der Waals surface area contributed by atoms with E-state index in [2.05, 4.69) is 20.8 Å². The van der Waals surface area contributed by atoms with Crippen LogP contribution in [0.3, 0.4) is 0 Å². The molecule has 2 atom stereocenters. The standard InChI is InChI=1S/C21H42Si/c1-4-17(2)16-20-8-10-21(11-9-20)18(3)6-5-7-19-12-14-22-15-13-19/h17-21H,4-16,22H2,1-3H3/t17-,18?,20-,21-/m0/s1. The maximum absolute atomic E-state index is 2.56. The number of hydrogen-bond acceptors (Lipinski definition) is 0. The van der Waals surface area contributed by atoms with Crippen molar-refractivity contribution in [2.75, 3.05) is 0 Å². The van der Waals surface area contributed by atoms with Crippen molar-refractivity contribution < 1.29 is 0 Å². The summed E-state index contributed by atoms with van der Waals surface area (Å²) in [5.74, 6) is 5.21. The first kappa shape index (κ1) is 18.6. The molecule has 2 fully saturated rings. The lowest BCUT2D eigenvalue weighted by Gasteiger charge is -2.33. The number of rotatable bonds is 8. The van der Waals surface area contributed by atoms with Gasteiger partial charge in [0.1, 0.15) is 0 Å². The fraction of sp³-hybridized carbons (Fsp3) is 1.00. The van der Waals surface area contributed by atoms with E-state index >= 15 is 0 Å². The quantitative estimate of drug-likeness (QED) is 0.450. The topological polar surface area (TPSA) is 0 Å². The molecule has 0 bridgehead atoms. The van der Waals surface area contributed by atoms with Gasteiger partial charge in [-0.3, -0.25) is 0 Å². The third-order valence-electron chi connectivity index (χ3n) is 7.13. The van der Waals surface area contributed by atoms with Gasteiger partial charge in [-0.25, -0.2) is 0 Å². The summed E-state index contributed by atoms with van der Waals surface area (Å²) in [6, 6.07) is 3.31. The first-order valence-corrected chi connectivity index (χ1v) is 12.7. The third-order valence-corrected chi connectivity index (χ3v) is 8.94. The predicted molar refractivity (Wildman–Crippen MR) is 103 cm³/mol. The monoisotopic (exact) mass is 322 g/mol. The van der Waals surface area contributed by atoms with Gasteiger partial charge in [-0.2, -0.15) is 0 Å². The van der Waals surface area contributed by atoms with Crippen LogP contribution in [0.5, 0.6) is 0 Å². The Morgan fingerprint density at radius 2 is 1.59 bits per heavy atom. The zero-order valence-corrected chi connectivity index (χ0v) is 17.2. The Bertz CT molecular complexity index is 274. The lowest BCUT2D eigenvalue weighted by Crippen LogP contribution is -2.21. The average molecular weight is 323 g/mol. The van der Waals surface area contributed by atoms with E-state index in [0.29, 0.717) is 9.52 Å². The Labute approximate surface area is 143 Å². The lowest BCUT2D eigenvalue weighted by molar-refractivity contribution is 0.184.